The summed E-state index contributed by atoms with van der Waals surface area (Å²) in [4.78, 5) is 11.4. The maximum atomic E-state index is 11.4. The Morgan fingerprint density at radius 1 is 0.654 bits per heavy atom. The van der Waals surface area contributed by atoms with Crippen LogP contribution in [0.15, 0.2) is 48.5 Å². The Morgan fingerprint density at radius 2 is 1.08 bits per heavy atom. The number of aromatic hydroxyl groups is 1. The van der Waals surface area contributed by atoms with Gasteiger partial charge in [0.25, 0.3) is 0 Å². The zero-order chi connectivity index (χ0) is 39.8. The van der Waals surface area contributed by atoms with Gasteiger partial charge in [-0.05, 0) is 107 Å². The van der Waals surface area contributed by atoms with Crippen molar-refractivity contribution in [2.45, 2.75) is 197 Å². The van der Waals surface area contributed by atoms with Gasteiger partial charge in [0.1, 0.15) is 17.1 Å². The number of benzene rings is 2. The van der Waals surface area contributed by atoms with E-state index in [0.717, 1.165) is 31.4 Å². The normalized spacial score (nSPS) is 12.9. The molecule has 0 amide bonds. The van der Waals surface area contributed by atoms with Gasteiger partial charge < -0.3 is 14.6 Å². The second-order valence-corrected chi connectivity index (χ2v) is 15.4. The second-order valence-electron chi connectivity index (χ2n) is 15.4. The smallest absolute Gasteiger partial charge is 0.308 e. The maximum absolute atomic E-state index is 11.4. The number of rotatable bonds is 20. The van der Waals surface area contributed by atoms with Gasteiger partial charge in [0.15, 0.2) is 0 Å². The summed E-state index contributed by atoms with van der Waals surface area (Å²) in [6.07, 6.45) is 18.8. The Hall–Kier alpha value is -3.00. The van der Waals surface area contributed by atoms with E-state index in [0.29, 0.717) is 24.2 Å². The average Bonchev–Trinajstić information content (AvgIpc) is 3.14. The summed E-state index contributed by atoms with van der Waals surface area (Å²) in [7, 11) is 0. The minimum atomic E-state index is -0.113. The molecule has 1 N–H and O–H groups in total. The number of nitriles is 1. The van der Waals surface area contributed by atoms with Gasteiger partial charge in [0, 0.05) is 5.92 Å². The van der Waals surface area contributed by atoms with Crippen LogP contribution in [0.5, 0.6) is 11.5 Å². The molecule has 5 heteroatoms. The SMILES string of the molecule is CCC(C)C#N.CCC(C)c1ccc(O)cc1.CCC(C)c1ccc(OC(C)(C)C)cc1.CCCCCCCCCCCCCOC(=O)C(C)CC. The van der Waals surface area contributed by atoms with Crippen LogP contribution in [0, 0.1) is 23.2 Å². The summed E-state index contributed by atoms with van der Waals surface area (Å²) < 4.78 is 11.0. The molecule has 298 valence electrons. The Labute approximate surface area is 322 Å². The molecule has 0 aliphatic carbocycles. The fourth-order valence-electron chi connectivity index (χ4n) is 4.83. The van der Waals surface area contributed by atoms with E-state index in [9.17, 15) is 4.79 Å². The van der Waals surface area contributed by atoms with E-state index in [2.05, 4.69) is 85.7 Å². The number of phenols is 1. The predicted octanol–water partition coefficient (Wildman–Crippen LogP) is 14.7. The van der Waals surface area contributed by atoms with E-state index in [1.54, 1.807) is 12.1 Å². The largest absolute Gasteiger partial charge is 0.508 e. The van der Waals surface area contributed by atoms with Gasteiger partial charge in [-0.15, -0.1) is 0 Å². The molecule has 2 aromatic carbocycles. The molecule has 0 radical (unpaired) electrons. The van der Waals surface area contributed by atoms with Crippen molar-refractivity contribution < 1.29 is 19.4 Å². The van der Waals surface area contributed by atoms with Crippen LogP contribution in [-0.4, -0.2) is 23.3 Å². The molecule has 4 atom stereocenters. The molecule has 0 bridgehead atoms. The summed E-state index contributed by atoms with van der Waals surface area (Å²) in [5.74, 6) is 2.79. The van der Waals surface area contributed by atoms with Gasteiger partial charge >= 0.3 is 5.97 Å². The monoisotopic (exact) mass is 724 g/mol. The molecule has 0 heterocycles. The fraction of sp³-hybridized carbons (Fsp3) is 0.702. The topological polar surface area (TPSA) is 79.6 Å². The number of carbonyl (C=O) groups is 1. The first-order valence-corrected chi connectivity index (χ1v) is 20.8. The van der Waals surface area contributed by atoms with Crippen molar-refractivity contribution in [3.8, 4) is 17.6 Å². The van der Waals surface area contributed by atoms with Crippen molar-refractivity contribution >= 4 is 5.97 Å². The molecule has 2 aromatic rings. The highest BCUT2D eigenvalue weighted by Gasteiger charge is 2.12. The lowest BCUT2D eigenvalue weighted by Gasteiger charge is -2.21. The van der Waals surface area contributed by atoms with Gasteiger partial charge in [-0.3, -0.25) is 4.79 Å². The Kier molecular flexibility index (Phi) is 32.1. The van der Waals surface area contributed by atoms with Crippen molar-refractivity contribution in [1.29, 1.82) is 5.26 Å². The highest BCUT2D eigenvalue weighted by Crippen LogP contribution is 2.24. The zero-order valence-electron chi connectivity index (χ0n) is 35.9. The van der Waals surface area contributed by atoms with E-state index in [1.807, 2.05) is 39.8 Å². The molecule has 0 aromatic heterocycles. The summed E-state index contributed by atoms with van der Waals surface area (Å²) >= 11 is 0. The molecule has 52 heavy (non-hydrogen) atoms. The highest BCUT2D eigenvalue weighted by atomic mass is 16.5. The lowest BCUT2D eigenvalue weighted by Crippen LogP contribution is -2.22. The number of unbranched alkanes of at least 4 members (excludes halogenated alkanes) is 10. The van der Waals surface area contributed by atoms with Crippen LogP contribution in [0.1, 0.15) is 202 Å². The van der Waals surface area contributed by atoms with Crippen LogP contribution in [0.25, 0.3) is 0 Å². The third-order valence-corrected chi connectivity index (χ3v) is 9.40. The molecule has 0 saturated carbocycles. The molecule has 4 unspecified atom stereocenters. The summed E-state index contributed by atoms with van der Waals surface area (Å²) in [6.45, 7) is 25.8. The summed E-state index contributed by atoms with van der Waals surface area (Å²) in [5, 5.41) is 17.1. The minimum absolute atomic E-state index is 0.0282. The van der Waals surface area contributed by atoms with Gasteiger partial charge in [0.2, 0.25) is 0 Å². The number of esters is 1. The van der Waals surface area contributed by atoms with Crippen molar-refractivity contribution in [3.05, 3.63) is 59.7 Å². The van der Waals surface area contributed by atoms with Gasteiger partial charge in [-0.2, -0.15) is 5.26 Å². The van der Waals surface area contributed by atoms with E-state index in [1.165, 1.54) is 81.8 Å². The van der Waals surface area contributed by atoms with Gasteiger partial charge in [-0.25, -0.2) is 0 Å². The van der Waals surface area contributed by atoms with Crippen LogP contribution in [0.2, 0.25) is 0 Å². The van der Waals surface area contributed by atoms with Crippen molar-refractivity contribution in [2.75, 3.05) is 6.61 Å². The molecule has 0 aliphatic rings. The number of ether oxygens (including phenoxy) is 2. The summed E-state index contributed by atoms with van der Waals surface area (Å²) in [6, 6.07) is 18.0. The second kappa shape index (κ2) is 32.6. The Morgan fingerprint density at radius 3 is 1.42 bits per heavy atom. The van der Waals surface area contributed by atoms with Crippen LogP contribution >= 0.6 is 0 Å². The molecule has 0 saturated heterocycles. The number of phenolic OH excluding ortho intramolecular Hbond substituents is 1. The van der Waals surface area contributed by atoms with Crippen LogP contribution in [0.4, 0.5) is 0 Å². The Bertz CT molecular complexity index is 1130. The first-order valence-electron chi connectivity index (χ1n) is 20.8. The molecular weight excluding hydrogens is 643 g/mol. The maximum Gasteiger partial charge on any atom is 0.308 e. The third-order valence-electron chi connectivity index (χ3n) is 9.40. The molecule has 2 rings (SSSR count). The quantitative estimate of drug-likeness (QED) is 0.109. The molecule has 0 aliphatic heterocycles. The fourth-order valence-corrected chi connectivity index (χ4v) is 4.83. The number of hydrogen-bond acceptors (Lipinski definition) is 5. The number of carbonyl (C=O) groups excluding carboxylic acids is 1. The van der Waals surface area contributed by atoms with E-state index in [4.69, 9.17) is 19.8 Å². The lowest BCUT2D eigenvalue weighted by molar-refractivity contribution is -0.148. The molecular formula is C47H81NO4. The molecule has 0 spiro atoms. The first-order chi connectivity index (χ1) is 24.7. The predicted molar refractivity (Wildman–Crippen MR) is 224 cm³/mol. The lowest BCUT2D eigenvalue weighted by atomic mass is 9.99. The number of hydrogen-bond donors (Lipinski definition) is 1. The Balaban J connectivity index is 0. The van der Waals surface area contributed by atoms with Crippen molar-refractivity contribution in [1.82, 2.24) is 0 Å². The zero-order valence-corrected chi connectivity index (χ0v) is 35.9. The first kappa shape index (κ1) is 51.1. The average molecular weight is 724 g/mol. The summed E-state index contributed by atoms with van der Waals surface area (Å²) in [5.41, 5.74) is 2.57. The third kappa shape index (κ3) is 29.6. The van der Waals surface area contributed by atoms with Gasteiger partial charge in [-0.1, -0.05) is 144 Å². The standard InChI is InChI=1S/C18H36O2.C14H22O.C10H14O.C5H9N/c1-4-6-7-8-9-10-11-12-13-14-15-16-20-18(19)17(3)5-2;1-6-11(2)12-7-9-13(10-8-12)15-14(3,4)5;1-3-8(2)9-4-6-10(11)7-5-9;1-3-5(2)4-6/h17H,4-16H2,1-3H3;7-11H,6H2,1-5H3;4-8,11H,3H2,1-2H3;5H,3H2,1-2H3. The van der Waals surface area contributed by atoms with Crippen LogP contribution < -0.4 is 4.74 Å². The van der Waals surface area contributed by atoms with Crippen molar-refractivity contribution in [2.24, 2.45) is 11.8 Å². The van der Waals surface area contributed by atoms with Crippen LogP contribution in [-0.2, 0) is 9.53 Å². The van der Waals surface area contributed by atoms with E-state index >= 15 is 0 Å². The minimum Gasteiger partial charge on any atom is -0.508 e. The molecule has 5 nitrogen and oxygen atoms in total. The number of nitrogens with zero attached hydrogens (tertiary/aromatic N) is 1. The van der Waals surface area contributed by atoms with Crippen LogP contribution in [0.3, 0.4) is 0 Å². The highest BCUT2D eigenvalue weighted by molar-refractivity contribution is 5.71. The van der Waals surface area contributed by atoms with E-state index < -0.39 is 0 Å². The van der Waals surface area contributed by atoms with Gasteiger partial charge in [0.05, 0.1) is 18.6 Å². The van der Waals surface area contributed by atoms with E-state index in [-0.39, 0.29) is 23.4 Å². The molecule has 0 fully saturated rings. The van der Waals surface area contributed by atoms with Crippen molar-refractivity contribution in [3.63, 3.8) is 0 Å².